The van der Waals surface area contributed by atoms with Gasteiger partial charge in [0.15, 0.2) is 0 Å². The second-order valence-electron chi connectivity index (χ2n) is 7.54. The molecule has 0 aromatic carbocycles. The number of nitrogens with one attached hydrogen (secondary N) is 2. The fourth-order valence-corrected chi connectivity index (χ4v) is 4.19. The Morgan fingerprint density at radius 1 is 0.833 bits per heavy atom. The lowest BCUT2D eigenvalue weighted by molar-refractivity contribution is -0.127. The monoisotopic (exact) mass is 330 g/mol. The molecule has 1 saturated carbocycles. The van der Waals surface area contributed by atoms with Crippen LogP contribution >= 0.6 is 0 Å². The van der Waals surface area contributed by atoms with E-state index >= 15 is 0 Å². The van der Waals surface area contributed by atoms with Crippen LogP contribution in [0.2, 0.25) is 0 Å². The minimum atomic E-state index is 0.0803. The zero-order valence-electron chi connectivity index (χ0n) is 14.5. The minimum Gasteiger partial charge on any atom is -0.354 e. The number of carbonyl (C=O) groups is 2. The summed E-state index contributed by atoms with van der Waals surface area (Å²) in [7, 11) is 0. The Morgan fingerprint density at radius 2 is 1.38 bits per heavy atom. The average Bonchev–Trinajstić information content (AvgIpc) is 3.32. The topological polar surface area (TPSA) is 58.2 Å². The van der Waals surface area contributed by atoms with Crippen LogP contribution in [0.25, 0.3) is 0 Å². The maximum absolute atomic E-state index is 12.5. The van der Waals surface area contributed by atoms with Gasteiger partial charge in [-0.25, -0.2) is 0 Å². The zero-order valence-corrected chi connectivity index (χ0v) is 14.5. The van der Waals surface area contributed by atoms with E-state index in [1.807, 2.05) is 0 Å². The molecule has 132 valence electrons. The SMILES string of the molecule is O=C(NC[C@@H](NC(=O)C1CC=CC1)C1CCCCC1)C1CC=CC1. The smallest absolute Gasteiger partial charge is 0.224 e. The standard InChI is InChI=1S/C20H30N2O2/c23-19(16-10-4-5-11-16)21-14-18(15-8-2-1-3-9-15)22-20(24)17-12-6-7-13-17/h4-7,15-18H,1-3,8-14H2,(H,21,23)(H,22,24)/t18-/m1/s1. The summed E-state index contributed by atoms with van der Waals surface area (Å²) in [5.41, 5.74) is 0. The maximum atomic E-state index is 12.5. The fraction of sp³-hybridized carbons (Fsp3) is 0.700. The van der Waals surface area contributed by atoms with Gasteiger partial charge < -0.3 is 10.6 Å². The molecule has 2 amide bonds. The number of amides is 2. The highest BCUT2D eigenvalue weighted by Gasteiger charge is 2.29. The van der Waals surface area contributed by atoms with E-state index < -0.39 is 0 Å². The van der Waals surface area contributed by atoms with Crippen LogP contribution in [0.3, 0.4) is 0 Å². The molecule has 0 saturated heterocycles. The van der Waals surface area contributed by atoms with Crippen molar-refractivity contribution < 1.29 is 9.59 Å². The minimum absolute atomic E-state index is 0.0803. The summed E-state index contributed by atoms with van der Waals surface area (Å²) < 4.78 is 0. The highest BCUT2D eigenvalue weighted by atomic mass is 16.2. The van der Waals surface area contributed by atoms with Crippen molar-refractivity contribution in [2.75, 3.05) is 6.54 Å². The first-order chi connectivity index (χ1) is 11.7. The van der Waals surface area contributed by atoms with Crippen molar-refractivity contribution in [2.24, 2.45) is 17.8 Å². The van der Waals surface area contributed by atoms with Gasteiger partial charge in [-0.1, -0.05) is 43.6 Å². The molecule has 0 unspecified atom stereocenters. The summed E-state index contributed by atoms with van der Waals surface area (Å²) in [5, 5.41) is 6.37. The summed E-state index contributed by atoms with van der Waals surface area (Å²) in [4.78, 5) is 24.8. The predicted molar refractivity (Wildman–Crippen MR) is 95.2 cm³/mol. The Hall–Kier alpha value is -1.58. The normalized spacial score (nSPS) is 23.5. The quantitative estimate of drug-likeness (QED) is 0.735. The van der Waals surface area contributed by atoms with Crippen LogP contribution < -0.4 is 10.6 Å². The number of rotatable bonds is 6. The summed E-state index contributed by atoms with van der Waals surface area (Å²) in [6, 6.07) is 0.0803. The number of hydrogen-bond donors (Lipinski definition) is 2. The van der Waals surface area contributed by atoms with Crippen LogP contribution in [0, 0.1) is 17.8 Å². The molecule has 3 rings (SSSR count). The van der Waals surface area contributed by atoms with Crippen LogP contribution in [-0.4, -0.2) is 24.4 Å². The lowest BCUT2D eigenvalue weighted by Gasteiger charge is -2.32. The van der Waals surface area contributed by atoms with Crippen LogP contribution in [0.5, 0.6) is 0 Å². The molecule has 3 aliphatic rings. The van der Waals surface area contributed by atoms with Gasteiger partial charge in [0.2, 0.25) is 11.8 Å². The molecule has 0 bridgehead atoms. The Morgan fingerprint density at radius 3 is 1.96 bits per heavy atom. The molecule has 24 heavy (non-hydrogen) atoms. The molecule has 0 aromatic heterocycles. The van der Waals surface area contributed by atoms with Crippen molar-refractivity contribution in [3.05, 3.63) is 24.3 Å². The highest BCUT2D eigenvalue weighted by Crippen LogP contribution is 2.27. The van der Waals surface area contributed by atoms with Crippen molar-refractivity contribution in [3.8, 4) is 0 Å². The highest BCUT2D eigenvalue weighted by molar-refractivity contribution is 5.81. The lowest BCUT2D eigenvalue weighted by atomic mass is 9.83. The molecular formula is C20H30N2O2. The Labute approximate surface area is 145 Å². The van der Waals surface area contributed by atoms with Crippen molar-refractivity contribution in [3.63, 3.8) is 0 Å². The van der Waals surface area contributed by atoms with Gasteiger partial charge in [0, 0.05) is 24.4 Å². The molecule has 0 aromatic rings. The van der Waals surface area contributed by atoms with Gasteiger partial charge in [0.05, 0.1) is 0 Å². The first kappa shape index (κ1) is 17.2. The molecule has 4 heteroatoms. The summed E-state index contributed by atoms with van der Waals surface area (Å²) >= 11 is 0. The van der Waals surface area contributed by atoms with Crippen LogP contribution in [0.1, 0.15) is 57.8 Å². The second-order valence-corrected chi connectivity index (χ2v) is 7.54. The molecule has 0 spiro atoms. The first-order valence-electron chi connectivity index (χ1n) is 9.62. The van der Waals surface area contributed by atoms with E-state index in [-0.39, 0.29) is 29.7 Å². The summed E-state index contributed by atoms with van der Waals surface area (Å²) in [5.74, 6) is 0.974. The molecule has 2 N–H and O–H groups in total. The fourth-order valence-electron chi connectivity index (χ4n) is 4.19. The van der Waals surface area contributed by atoms with Gasteiger partial charge in [-0.05, 0) is 44.4 Å². The zero-order chi connectivity index (χ0) is 16.8. The maximum Gasteiger partial charge on any atom is 0.224 e. The molecular weight excluding hydrogens is 300 g/mol. The van der Waals surface area contributed by atoms with Crippen LogP contribution in [0.15, 0.2) is 24.3 Å². The third kappa shape index (κ3) is 4.49. The third-order valence-corrected chi connectivity index (χ3v) is 5.80. The van der Waals surface area contributed by atoms with E-state index in [2.05, 4.69) is 34.9 Å². The summed E-state index contributed by atoms with van der Waals surface area (Å²) in [6.07, 6.45) is 17.8. The first-order valence-corrected chi connectivity index (χ1v) is 9.62. The van der Waals surface area contributed by atoms with Crippen molar-refractivity contribution in [1.82, 2.24) is 10.6 Å². The number of carbonyl (C=O) groups excluding carboxylic acids is 2. The molecule has 4 nitrogen and oxygen atoms in total. The van der Waals surface area contributed by atoms with E-state index in [0.717, 1.165) is 38.5 Å². The second kappa shape index (κ2) is 8.50. The van der Waals surface area contributed by atoms with Crippen LogP contribution in [-0.2, 0) is 9.59 Å². The molecule has 0 radical (unpaired) electrons. The van der Waals surface area contributed by atoms with Crippen molar-refractivity contribution in [2.45, 2.75) is 63.8 Å². The average molecular weight is 330 g/mol. The molecule has 0 heterocycles. The summed E-state index contributed by atoms with van der Waals surface area (Å²) in [6.45, 7) is 0.575. The van der Waals surface area contributed by atoms with Gasteiger partial charge in [0.1, 0.15) is 0 Å². The Balaban J connectivity index is 1.54. The largest absolute Gasteiger partial charge is 0.354 e. The lowest BCUT2D eigenvalue weighted by Crippen LogP contribution is -2.50. The van der Waals surface area contributed by atoms with E-state index in [1.54, 1.807) is 0 Å². The molecule has 1 fully saturated rings. The Bertz CT molecular complexity index is 490. The van der Waals surface area contributed by atoms with Gasteiger partial charge in [0.25, 0.3) is 0 Å². The van der Waals surface area contributed by atoms with Crippen molar-refractivity contribution >= 4 is 11.8 Å². The predicted octanol–water partition coefficient (Wildman–Crippen LogP) is 3.10. The van der Waals surface area contributed by atoms with Gasteiger partial charge >= 0.3 is 0 Å². The van der Waals surface area contributed by atoms with E-state index in [0.29, 0.717) is 12.5 Å². The van der Waals surface area contributed by atoms with Gasteiger partial charge in [-0.3, -0.25) is 9.59 Å². The molecule has 3 aliphatic carbocycles. The van der Waals surface area contributed by atoms with E-state index in [9.17, 15) is 9.59 Å². The van der Waals surface area contributed by atoms with Gasteiger partial charge in [-0.15, -0.1) is 0 Å². The van der Waals surface area contributed by atoms with Gasteiger partial charge in [-0.2, -0.15) is 0 Å². The van der Waals surface area contributed by atoms with Crippen LogP contribution in [0.4, 0.5) is 0 Å². The van der Waals surface area contributed by atoms with E-state index in [1.165, 1.54) is 19.3 Å². The number of hydrogen-bond acceptors (Lipinski definition) is 2. The molecule has 1 atom stereocenters. The Kier molecular flexibility index (Phi) is 6.11. The van der Waals surface area contributed by atoms with Crippen molar-refractivity contribution in [1.29, 1.82) is 0 Å². The number of allylic oxidation sites excluding steroid dienone is 4. The van der Waals surface area contributed by atoms with E-state index in [4.69, 9.17) is 0 Å². The third-order valence-electron chi connectivity index (χ3n) is 5.80. The molecule has 0 aliphatic heterocycles.